The molecule has 0 aromatic carbocycles. The van der Waals surface area contributed by atoms with Gasteiger partial charge in [-0.3, -0.25) is 4.98 Å². The molecule has 0 N–H and O–H groups in total. The second-order valence-corrected chi connectivity index (χ2v) is 5.21. The highest BCUT2D eigenvalue weighted by atomic mass is 79.9. The third kappa shape index (κ3) is 3.11. The highest BCUT2D eigenvalue weighted by molar-refractivity contribution is 9.09. The number of rotatable bonds is 3. The zero-order valence-corrected chi connectivity index (χ0v) is 10.0. The minimum absolute atomic E-state index is 0.571. The highest BCUT2D eigenvalue weighted by Gasteiger charge is 2.10. The van der Waals surface area contributed by atoms with Crippen molar-refractivity contribution in [2.45, 2.75) is 37.9 Å². The van der Waals surface area contributed by atoms with Crippen LogP contribution in [-0.2, 0) is 0 Å². The summed E-state index contributed by atoms with van der Waals surface area (Å²) < 4.78 is 0. The summed E-state index contributed by atoms with van der Waals surface area (Å²) in [5, 5.41) is 0. The predicted octanol–water partition coefficient (Wildman–Crippen LogP) is 3.67. The van der Waals surface area contributed by atoms with Gasteiger partial charge in [0.15, 0.2) is 0 Å². The van der Waals surface area contributed by atoms with Crippen LogP contribution in [0.5, 0.6) is 0 Å². The number of hydrogen-bond acceptors (Lipinski definition) is 1. The lowest BCUT2D eigenvalue weighted by Gasteiger charge is -2.14. The largest absolute Gasteiger partial charge is 0.264 e. The molecule has 1 nitrogen and oxygen atoms in total. The number of halogens is 1. The van der Waals surface area contributed by atoms with E-state index in [2.05, 4.69) is 47.8 Å². The van der Waals surface area contributed by atoms with Crippen LogP contribution in [0.4, 0.5) is 0 Å². The summed E-state index contributed by atoms with van der Waals surface area (Å²) in [6.45, 7) is 6.58. The van der Waals surface area contributed by atoms with Crippen molar-refractivity contribution >= 4 is 15.9 Å². The fourth-order valence-electron chi connectivity index (χ4n) is 1.61. The van der Waals surface area contributed by atoms with E-state index in [0.717, 1.165) is 6.42 Å². The van der Waals surface area contributed by atoms with Gasteiger partial charge >= 0.3 is 0 Å². The van der Waals surface area contributed by atoms with Crippen LogP contribution >= 0.6 is 15.9 Å². The van der Waals surface area contributed by atoms with Gasteiger partial charge in [-0.25, -0.2) is 0 Å². The number of pyridine rings is 1. The van der Waals surface area contributed by atoms with E-state index in [1.165, 1.54) is 11.1 Å². The lowest BCUT2D eigenvalue weighted by atomic mass is 9.95. The van der Waals surface area contributed by atoms with Crippen molar-refractivity contribution in [2.24, 2.45) is 0 Å². The number of aromatic nitrogens is 1. The van der Waals surface area contributed by atoms with Crippen LogP contribution in [0.1, 0.15) is 37.3 Å². The maximum Gasteiger partial charge on any atom is 0.0305 e. The van der Waals surface area contributed by atoms with E-state index < -0.39 is 0 Å². The Bertz CT molecular complexity index is 271. The Balaban J connectivity index is 2.76. The average Bonchev–Trinajstić information content (AvgIpc) is 2.03. The Morgan fingerprint density at radius 1 is 1.46 bits per heavy atom. The van der Waals surface area contributed by atoms with Gasteiger partial charge in [-0.05, 0) is 36.5 Å². The summed E-state index contributed by atoms with van der Waals surface area (Å²) in [6, 6.07) is 2.07. The molecule has 0 aliphatic rings. The van der Waals surface area contributed by atoms with Gasteiger partial charge in [0.1, 0.15) is 0 Å². The van der Waals surface area contributed by atoms with Crippen molar-refractivity contribution in [3.63, 3.8) is 0 Å². The molecule has 0 saturated carbocycles. The zero-order valence-electron chi connectivity index (χ0n) is 8.42. The molecular formula is C11H16BrN. The van der Waals surface area contributed by atoms with Crippen molar-refractivity contribution < 1.29 is 0 Å². The van der Waals surface area contributed by atoms with Gasteiger partial charge in [0, 0.05) is 17.2 Å². The van der Waals surface area contributed by atoms with E-state index in [9.17, 15) is 0 Å². The highest BCUT2D eigenvalue weighted by Crippen LogP contribution is 2.24. The van der Waals surface area contributed by atoms with E-state index in [4.69, 9.17) is 0 Å². The van der Waals surface area contributed by atoms with Gasteiger partial charge in [0.25, 0.3) is 0 Å². The lowest BCUT2D eigenvalue weighted by Crippen LogP contribution is -2.02. The topological polar surface area (TPSA) is 12.9 Å². The molecule has 2 heteroatoms. The van der Waals surface area contributed by atoms with Crippen LogP contribution in [0.2, 0.25) is 0 Å². The number of aryl methyl sites for hydroxylation is 1. The Morgan fingerprint density at radius 2 is 2.15 bits per heavy atom. The Morgan fingerprint density at radius 3 is 2.69 bits per heavy atom. The van der Waals surface area contributed by atoms with Crippen LogP contribution < -0.4 is 0 Å². The first-order chi connectivity index (χ1) is 6.11. The molecule has 1 aromatic rings. The molecule has 0 radical (unpaired) electrons. The summed E-state index contributed by atoms with van der Waals surface area (Å²) in [6.07, 6.45) is 4.99. The Kier molecular flexibility index (Phi) is 3.91. The second kappa shape index (κ2) is 4.75. The molecule has 0 amide bonds. The SMILES string of the molecule is Cc1ccncc1C(C)CC(C)Br. The van der Waals surface area contributed by atoms with Gasteiger partial charge < -0.3 is 0 Å². The minimum Gasteiger partial charge on any atom is -0.264 e. The number of nitrogens with zero attached hydrogens (tertiary/aromatic N) is 1. The minimum atomic E-state index is 0.571. The second-order valence-electron chi connectivity index (χ2n) is 3.65. The van der Waals surface area contributed by atoms with Crippen LogP contribution in [0.3, 0.4) is 0 Å². The number of alkyl halides is 1. The monoisotopic (exact) mass is 241 g/mol. The van der Waals surface area contributed by atoms with Crippen molar-refractivity contribution in [2.75, 3.05) is 0 Å². The van der Waals surface area contributed by atoms with E-state index >= 15 is 0 Å². The molecule has 0 aliphatic carbocycles. The van der Waals surface area contributed by atoms with Crippen molar-refractivity contribution in [3.8, 4) is 0 Å². The first-order valence-corrected chi connectivity index (χ1v) is 5.57. The van der Waals surface area contributed by atoms with Crippen LogP contribution in [0, 0.1) is 6.92 Å². The molecule has 72 valence electrons. The van der Waals surface area contributed by atoms with Crippen molar-refractivity contribution in [1.82, 2.24) is 4.98 Å². The maximum atomic E-state index is 4.16. The van der Waals surface area contributed by atoms with Crippen LogP contribution in [-0.4, -0.2) is 9.81 Å². The quantitative estimate of drug-likeness (QED) is 0.737. The van der Waals surface area contributed by atoms with Gasteiger partial charge in [-0.15, -0.1) is 0 Å². The van der Waals surface area contributed by atoms with E-state index in [1.54, 1.807) is 0 Å². The van der Waals surface area contributed by atoms with E-state index in [0.29, 0.717) is 10.7 Å². The average molecular weight is 242 g/mol. The molecule has 2 atom stereocenters. The first-order valence-electron chi connectivity index (χ1n) is 4.66. The van der Waals surface area contributed by atoms with Crippen LogP contribution in [0.15, 0.2) is 18.5 Å². The summed E-state index contributed by atoms with van der Waals surface area (Å²) in [4.78, 5) is 4.73. The molecule has 0 aliphatic heterocycles. The fraction of sp³-hybridized carbons (Fsp3) is 0.545. The van der Waals surface area contributed by atoms with Gasteiger partial charge in [-0.1, -0.05) is 29.8 Å². The third-order valence-electron chi connectivity index (χ3n) is 2.29. The molecule has 1 aromatic heterocycles. The molecule has 0 bridgehead atoms. The molecule has 2 unspecified atom stereocenters. The summed E-state index contributed by atoms with van der Waals surface area (Å²) in [5.74, 6) is 0.586. The standard InChI is InChI=1S/C11H16BrN/c1-8-4-5-13-7-11(8)9(2)6-10(3)12/h4-5,7,9-10H,6H2,1-3H3. The predicted molar refractivity (Wildman–Crippen MR) is 60.4 cm³/mol. The number of hydrogen-bond donors (Lipinski definition) is 0. The van der Waals surface area contributed by atoms with E-state index in [-0.39, 0.29) is 0 Å². The van der Waals surface area contributed by atoms with Crippen molar-refractivity contribution in [1.29, 1.82) is 0 Å². The molecule has 1 heterocycles. The molecular weight excluding hydrogens is 226 g/mol. The van der Waals surface area contributed by atoms with Crippen LogP contribution in [0.25, 0.3) is 0 Å². The maximum absolute atomic E-state index is 4.16. The van der Waals surface area contributed by atoms with Gasteiger partial charge in [-0.2, -0.15) is 0 Å². The first kappa shape index (κ1) is 10.7. The smallest absolute Gasteiger partial charge is 0.0305 e. The van der Waals surface area contributed by atoms with Gasteiger partial charge in [0.05, 0.1) is 0 Å². The van der Waals surface area contributed by atoms with E-state index in [1.807, 2.05) is 12.4 Å². The van der Waals surface area contributed by atoms with Gasteiger partial charge in [0.2, 0.25) is 0 Å². The third-order valence-corrected chi connectivity index (χ3v) is 2.66. The molecule has 0 saturated heterocycles. The summed E-state index contributed by atoms with van der Waals surface area (Å²) in [7, 11) is 0. The fourth-order valence-corrected chi connectivity index (χ4v) is 2.17. The van der Waals surface area contributed by atoms with Crippen molar-refractivity contribution in [3.05, 3.63) is 29.6 Å². The molecule has 13 heavy (non-hydrogen) atoms. The molecule has 0 fully saturated rings. The zero-order chi connectivity index (χ0) is 9.84. The summed E-state index contributed by atoms with van der Waals surface area (Å²) >= 11 is 3.58. The Labute approximate surface area is 88.7 Å². The molecule has 1 rings (SSSR count). The molecule has 0 spiro atoms. The lowest BCUT2D eigenvalue weighted by molar-refractivity contribution is 0.675. The Hall–Kier alpha value is -0.370. The summed E-state index contributed by atoms with van der Waals surface area (Å²) in [5.41, 5.74) is 2.71. The normalized spacial score (nSPS) is 15.4.